The fraction of sp³-hybridized carbons (Fsp3) is 0.571. The molecule has 5 nitrogen and oxygen atoms in total. The molecule has 0 fully saturated rings. The Labute approximate surface area is 114 Å². The summed E-state index contributed by atoms with van der Waals surface area (Å²) in [6.45, 7) is 8.38. The molecule has 5 heteroatoms. The molecule has 1 unspecified atom stereocenters. The summed E-state index contributed by atoms with van der Waals surface area (Å²) in [6, 6.07) is 5.37. The van der Waals surface area contributed by atoms with E-state index in [4.69, 9.17) is 4.74 Å². The van der Waals surface area contributed by atoms with Crippen LogP contribution in [0.25, 0.3) is 0 Å². The lowest BCUT2D eigenvalue weighted by Crippen LogP contribution is -2.37. The number of nitrogens with zero attached hydrogens (tertiary/aromatic N) is 1. The molecule has 106 valence electrons. The third kappa shape index (κ3) is 4.29. The Bertz CT molecular complexity index is 458. The number of ether oxygens (including phenoxy) is 1. The van der Waals surface area contributed by atoms with Crippen LogP contribution in [0.2, 0.25) is 0 Å². The highest BCUT2D eigenvalue weighted by atomic mass is 16.6. The summed E-state index contributed by atoms with van der Waals surface area (Å²) in [5.41, 5.74) is 1.49. The van der Waals surface area contributed by atoms with E-state index >= 15 is 0 Å². The molecule has 0 aromatic heterocycles. The van der Waals surface area contributed by atoms with Crippen LogP contribution in [0.1, 0.15) is 37.9 Å². The highest BCUT2D eigenvalue weighted by Crippen LogP contribution is 2.23. The quantitative estimate of drug-likeness (QED) is 0.635. The van der Waals surface area contributed by atoms with E-state index < -0.39 is 0 Å². The summed E-state index contributed by atoms with van der Waals surface area (Å²) in [5.74, 6) is 0. The van der Waals surface area contributed by atoms with E-state index in [9.17, 15) is 10.1 Å². The van der Waals surface area contributed by atoms with E-state index in [2.05, 4.69) is 5.32 Å². The molecule has 0 aliphatic carbocycles. The lowest BCUT2D eigenvalue weighted by Gasteiger charge is -2.26. The Hall–Kier alpha value is -1.46. The maximum atomic E-state index is 10.9. The molecule has 0 heterocycles. The number of methoxy groups -OCH3 is 1. The van der Waals surface area contributed by atoms with Gasteiger partial charge in [0.2, 0.25) is 0 Å². The van der Waals surface area contributed by atoms with Gasteiger partial charge in [-0.15, -0.1) is 0 Å². The van der Waals surface area contributed by atoms with Gasteiger partial charge in [0.1, 0.15) is 0 Å². The summed E-state index contributed by atoms with van der Waals surface area (Å²) in [5, 5.41) is 14.3. The number of nitrogens with one attached hydrogen (secondary N) is 1. The fourth-order valence-corrected chi connectivity index (χ4v) is 1.68. The van der Waals surface area contributed by atoms with E-state index in [0.29, 0.717) is 12.1 Å². The van der Waals surface area contributed by atoms with Gasteiger partial charge in [-0.1, -0.05) is 12.1 Å². The Morgan fingerprint density at radius 1 is 1.47 bits per heavy atom. The van der Waals surface area contributed by atoms with Crippen LogP contribution in [0.15, 0.2) is 18.2 Å². The predicted octanol–water partition coefficient (Wildman–Crippen LogP) is 2.98. The highest BCUT2D eigenvalue weighted by molar-refractivity contribution is 5.43. The molecule has 1 aromatic carbocycles. The van der Waals surface area contributed by atoms with Gasteiger partial charge in [0.25, 0.3) is 5.69 Å². The molecule has 0 saturated carbocycles. The number of rotatable bonds is 6. The predicted molar refractivity (Wildman–Crippen MR) is 75.3 cm³/mol. The number of nitro benzene ring substituents is 1. The van der Waals surface area contributed by atoms with Gasteiger partial charge in [-0.3, -0.25) is 10.1 Å². The first-order chi connectivity index (χ1) is 8.76. The molecule has 0 aliphatic rings. The lowest BCUT2D eigenvalue weighted by molar-refractivity contribution is -0.385. The second kappa shape index (κ2) is 6.12. The van der Waals surface area contributed by atoms with E-state index in [1.165, 1.54) is 0 Å². The molecular weight excluding hydrogens is 244 g/mol. The van der Waals surface area contributed by atoms with Gasteiger partial charge >= 0.3 is 0 Å². The van der Waals surface area contributed by atoms with Gasteiger partial charge in [0, 0.05) is 31.3 Å². The van der Waals surface area contributed by atoms with Gasteiger partial charge in [0.05, 0.1) is 10.5 Å². The van der Waals surface area contributed by atoms with E-state index in [1.807, 2.05) is 26.8 Å². The first-order valence-corrected chi connectivity index (χ1v) is 6.30. The molecule has 1 N–H and O–H groups in total. The van der Waals surface area contributed by atoms with Crippen molar-refractivity contribution in [3.63, 3.8) is 0 Å². The van der Waals surface area contributed by atoms with Crippen LogP contribution in [-0.2, 0) is 4.74 Å². The number of aryl methyl sites for hydroxylation is 1. The second-order valence-corrected chi connectivity index (χ2v) is 5.37. The third-order valence-electron chi connectivity index (χ3n) is 3.32. The average molecular weight is 266 g/mol. The average Bonchev–Trinajstić information content (AvgIpc) is 2.36. The van der Waals surface area contributed by atoms with Gasteiger partial charge in [0.15, 0.2) is 0 Å². The van der Waals surface area contributed by atoms with Crippen molar-refractivity contribution >= 4 is 5.69 Å². The first-order valence-electron chi connectivity index (χ1n) is 6.30. The first kappa shape index (κ1) is 15.6. The van der Waals surface area contributed by atoms with Crippen LogP contribution < -0.4 is 5.32 Å². The van der Waals surface area contributed by atoms with Crippen molar-refractivity contribution in [2.45, 2.75) is 39.3 Å². The largest absolute Gasteiger partial charge is 0.377 e. The van der Waals surface area contributed by atoms with Crippen molar-refractivity contribution in [3.05, 3.63) is 39.4 Å². The molecule has 0 aliphatic heterocycles. The van der Waals surface area contributed by atoms with Crippen LogP contribution in [0.4, 0.5) is 5.69 Å². The van der Waals surface area contributed by atoms with Crippen LogP contribution in [0.5, 0.6) is 0 Å². The maximum Gasteiger partial charge on any atom is 0.272 e. The molecular formula is C14H22N2O3. The Kier molecular flexibility index (Phi) is 5.03. The Morgan fingerprint density at radius 2 is 2.11 bits per heavy atom. The maximum absolute atomic E-state index is 10.9. The minimum absolute atomic E-state index is 0.0359. The molecule has 1 atom stereocenters. The monoisotopic (exact) mass is 266 g/mol. The normalized spacial score (nSPS) is 13.3. The summed E-state index contributed by atoms with van der Waals surface area (Å²) >= 11 is 0. The van der Waals surface area contributed by atoms with Crippen LogP contribution in [0.3, 0.4) is 0 Å². The smallest absolute Gasteiger partial charge is 0.272 e. The van der Waals surface area contributed by atoms with Gasteiger partial charge in [-0.25, -0.2) is 0 Å². The van der Waals surface area contributed by atoms with Crippen molar-refractivity contribution in [2.75, 3.05) is 13.7 Å². The third-order valence-corrected chi connectivity index (χ3v) is 3.32. The zero-order valence-corrected chi connectivity index (χ0v) is 12.2. The number of hydrogen-bond donors (Lipinski definition) is 1. The van der Waals surface area contributed by atoms with Crippen LogP contribution in [-0.4, -0.2) is 24.2 Å². The zero-order chi connectivity index (χ0) is 14.6. The molecule has 0 amide bonds. The van der Waals surface area contributed by atoms with Gasteiger partial charge in [-0.05, 0) is 33.3 Å². The number of benzene rings is 1. The zero-order valence-electron chi connectivity index (χ0n) is 12.2. The SMILES string of the molecule is COC(C)(C)CNC(C)c1ccc(C)c([N+](=O)[O-])c1. The topological polar surface area (TPSA) is 64.4 Å². The molecule has 0 spiro atoms. The number of nitro groups is 1. The highest BCUT2D eigenvalue weighted by Gasteiger charge is 2.19. The summed E-state index contributed by atoms with van der Waals surface area (Å²) in [7, 11) is 1.67. The van der Waals surface area contributed by atoms with Crippen LogP contribution >= 0.6 is 0 Å². The lowest BCUT2D eigenvalue weighted by atomic mass is 10.0. The summed E-state index contributed by atoms with van der Waals surface area (Å²) in [4.78, 5) is 10.6. The van der Waals surface area contributed by atoms with Gasteiger partial charge < -0.3 is 10.1 Å². The number of hydrogen-bond acceptors (Lipinski definition) is 4. The van der Waals surface area contributed by atoms with Crippen LogP contribution in [0, 0.1) is 17.0 Å². The molecule has 0 radical (unpaired) electrons. The fourth-order valence-electron chi connectivity index (χ4n) is 1.68. The molecule has 0 saturated heterocycles. The standard InChI is InChI=1S/C14H22N2O3/c1-10-6-7-12(8-13(10)16(17)18)11(2)15-9-14(3,4)19-5/h6-8,11,15H,9H2,1-5H3. The summed E-state index contributed by atoms with van der Waals surface area (Å²) in [6.07, 6.45) is 0. The van der Waals surface area contributed by atoms with Crippen molar-refractivity contribution in [2.24, 2.45) is 0 Å². The second-order valence-electron chi connectivity index (χ2n) is 5.37. The minimum Gasteiger partial charge on any atom is -0.377 e. The van der Waals surface area contributed by atoms with Crippen molar-refractivity contribution < 1.29 is 9.66 Å². The van der Waals surface area contributed by atoms with E-state index in [1.54, 1.807) is 26.2 Å². The van der Waals surface area contributed by atoms with Crippen molar-refractivity contribution in [3.8, 4) is 0 Å². The Morgan fingerprint density at radius 3 is 2.63 bits per heavy atom. The molecule has 19 heavy (non-hydrogen) atoms. The van der Waals surface area contributed by atoms with E-state index in [0.717, 1.165) is 5.56 Å². The molecule has 1 rings (SSSR count). The van der Waals surface area contributed by atoms with E-state index in [-0.39, 0.29) is 22.3 Å². The van der Waals surface area contributed by atoms with Crippen molar-refractivity contribution in [1.29, 1.82) is 0 Å². The van der Waals surface area contributed by atoms with Crippen molar-refractivity contribution in [1.82, 2.24) is 5.32 Å². The molecule has 1 aromatic rings. The minimum atomic E-state index is -0.343. The van der Waals surface area contributed by atoms with Gasteiger partial charge in [-0.2, -0.15) is 0 Å². The molecule has 0 bridgehead atoms. The summed E-state index contributed by atoms with van der Waals surface area (Å²) < 4.78 is 5.33. The Balaban J connectivity index is 2.80.